The maximum absolute atomic E-state index is 14.3. The average molecular weight is 236 g/mol. The highest BCUT2D eigenvalue weighted by Crippen LogP contribution is 2.38. The van der Waals surface area contributed by atoms with Crippen LogP contribution in [0.4, 0.5) is 4.39 Å². The molecule has 0 atom stereocenters. The number of hydrogen-bond acceptors (Lipinski definition) is 1. The summed E-state index contributed by atoms with van der Waals surface area (Å²) in [7, 11) is 1.59. The van der Waals surface area contributed by atoms with E-state index in [1.165, 1.54) is 12.8 Å². The monoisotopic (exact) mass is 236 g/mol. The molecule has 1 nitrogen and oxygen atoms in total. The van der Waals surface area contributed by atoms with Crippen LogP contribution in [0.25, 0.3) is 0 Å². The van der Waals surface area contributed by atoms with Crippen LogP contribution in [0.1, 0.15) is 49.7 Å². The summed E-state index contributed by atoms with van der Waals surface area (Å²) in [6.45, 7) is 4.08. The zero-order valence-corrected chi connectivity index (χ0v) is 10.9. The maximum Gasteiger partial charge on any atom is 0.133 e. The lowest BCUT2D eigenvalue weighted by Gasteiger charge is -2.27. The molecule has 0 spiro atoms. The van der Waals surface area contributed by atoms with Crippen LogP contribution in [0.3, 0.4) is 0 Å². The second-order valence-corrected chi connectivity index (χ2v) is 5.25. The Morgan fingerprint density at radius 3 is 2.41 bits per heavy atom. The van der Waals surface area contributed by atoms with Crippen molar-refractivity contribution in [3.05, 3.63) is 29.1 Å². The molecule has 0 aliphatic heterocycles. The number of benzene rings is 1. The molecule has 0 N–H and O–H groups in total. The first-order chi connectivity index (χ1) is 8.13. The summed E-state index contributed by atoms with van der Waals surface area (Å²) < 4.78 is 19.4. The Bertz CT molecular complexity index is 392. The number of halogens is 1. The number of ether oxygens (including phenoxy) is 1. The van der Waals surface area contributed by atoms with Crippen molar-refractivity contribution in [1.29, 1.82) is 0 Å². The van der Waals surface area contributed by atoms with E-state index >= 15 is 0 Å². The third kappa shape index (κ3) is 2.46. The molecule has 1 aromatic rings. The van der Waals surface area contributed by atoms with Gasteiger partial charge in [-0.2, -0.15) is 0 Å². The normalized spacial score (nSPS) is 24.7. The Kier molecular flexibility index (Phi) is 3.70. The zero-order chi connectivity index (χ0) is 12.4. The van der Waals surface area contributed by atoms with E-state index in [2.05, 4.69) is 6.92 Å². The maximum atomic E-state index is 14.3. The molecule has 0 unspecified atom stereocenters. The predicted octanol–water partition coefficient (Wildman–Crippen LogP) is 4.44. The van der Waals surface area contributed by atoms with Crippen LogP contribution in [0.5, 0.6) is 5.75 Å². The molecule has 17 heavy (non-hydrogen) atoms. The summed E-state index contributed by atoms with van der Waals surface area (Å²) in [5.74, 6) is 1.78. The number of rotatable bonds is 2. The van der Waals surface area contributed by atoms with E-state index in [1.54, 1.807) is 14.0 Å². The molecular weight excluding hydrogens is 215 g/mol. The third-order valence-corrected chi connectivity index (χ3v) is 4.04. The summed E-state index contributed by atoms with van der Waals surface area (Å²) in [6.07, 6.45) is 4.66. The fourth-order valence-corrected chi connectivity index (χ4v) is 2.80. The van der Waals surface area contributed by atoms with Gasteiger partial charge in [0, 0.05) is 5.56 Å². The Morgan fingerprint density at radius 1 is 1.18 bits per heavy atom. The third-order valence-electron chi connectivity index (χ3n) is 4.04. The van der Waals surface area contributed by atoms with Crippen LogP contribution in [-0.2, 0) is 0 Å². The van der Waals surface area contributed by atoms with Gasteiger partial charge in [0.2, 0.25) is 0 Å². The number of hydrogen-bond donors (Lipinski definition) is 0. The van der Waals surface area contributed by atoms with Crippen LogP contribution >= 0.6 is 0 Å². The minimum Gasteiger partial charge on any atom is -0.496 e. The summed E-state index contributed by atoms with van der Waals surface area (Å²) in [5, 5.41) is 0. The van der Waals surface area contributed by atoms with Gasteiger partial charge in [-0.3, -0.25) is 0 Å². The smallest absolute Gasteiger partial charge is 0.133 e. The molecule has 2 heteroatoms. The van der Waals surface area contributed by atoms with Crippen molar-refractivity contribution >= 4 is 0 Å². The van der Waals surface area contributed by atoms with Crippen LogP contribution in [0.2, 0.25) is 0 Å². The number of methoxy groups -OCH3 is 1. The lowest BCUT2D eigenvalue weighted by atomic mass is 9.79. The van der Waals surface area contributed by atoms with Gasteiger partial charge in [-0.25, -0.2) is 4.39 Å². The first kappa shape index (κ1) is 12.4. The molecule has 1 fully saturated rings. The molecular formula is C15H21FO. The Balaban J connectivity index is 2.24. The fraction of sp³-hybridized carbons (Fsp3) is 0.600. The highest BCUT2D eigenvalue weighted by molar-refractivity contribution is 5.39. The summed E-state index contributed by atoms with van der Waals surface area (Å²) >= 11 is 0. The van der Waals surface area contributed by atoms with Crippen molar-refractivity contribution in [1.82, 2.24) is 0 Å². The highest BCUT2D eigenvalue weighted by atomic mass is 19.1. The molecule has 0 aromatic heterocycles. The summed E-state index contributed by atoms with van der Waals surface area (Å²) in [6, 6.07) is 3.80. The fourth-order valence-electron chi connectivity index (χ4n) is 2.80. The molecule has 1 aliphatic carbocycles. The van der Waals surface area contributed by atoms with Gasteiger partial charge in [0.25, 0.3) is 0 Å². The van der Waals surface area contributed by atoms with Gasteiger partial charge in [0.05, 0.1) is 7.11 Å². The van der Waals surface area contributed by atoms with Crippen LogP contribution in [0.15, 0.2) is 12.1 Å². The van der Waals surface area contributed by atoms with E-state index in [9.17, 15) is 4.39 Å². The molecule has 0 heterocycles. The van der Waals surface area contributed by atoms with Gasteiger partial charge in [0.15, 0.2) is 0 Å². The van der Waals surface area contributed by atoms with Gasteiger partial charge >= 0.3 is 0 Å². The largest absolute Gasteiger partial charge is 0.496 e. The molecule has 0 amide bonds. The Hall–Kier alpha value is -1.05. The van der Waals surface area contributed by atoms with E-state index in [4.69, 9.17) is 4.74 Å². The van der Waals surface area contributed by atoms with Gasteiger partial charge < -0.3 is 4.74 Å². The molecule has 2 rings (SSSR count). The van der Waals surface area contributed by atoms with Crippen LogP contribution < -0.4 is 4.74 Å². The molecule has 1 aromatic carbocycles. The van der Waals surface area contributed by atoms with E-state index in [-0.39, 0.29) is 5.82 Å². The first-order valence-corrected chi connectivity index (χ1v) is 6.46. The lowest BCUT2D eigenvalue weighted by molar-refractivity contribution is 0.340. The van der Waals surface area contributed by atoms with Gasteiger partial charge in [-0.05, 0) is 43.2 Å². The standard InChI is InChI=1S/C15H21FO/c1-10-4-6-12(7-5-10)13-8-9-14(17-3)11(2)15(13)16/h8-10,12H,4-7H2,1-3H3. The topological polar surface area (TPSA) is 9.23 Å². The quantitative estimate of drug-likeness (QED) is 0.737. The van der Waals surface area contributed by atoms with Crippen LogP contribution in [-0.4, -0.2) is 7.11 Å². The zero-order valence-electron chi connectivity index (χ0n) is 10.9. The molecule has 1 aliphatic rings. The van der Waals surface area contributed by atoms with Crippen molar-refractivity contribution < 1.29 is 9.13 Å². The van der Waals surface area contributed by atoms with Gasteiger partial charge in [-0.15, -0.1) is 0 Å². The van der Waals surface area contributed by atoms with Crippen molar-refractivity contribution in [3.63, 3.8) is 0 Å². The minimum atomic E-state index is -0.0658. The SMILES string of the molecule is COc1ccc(C2CCC(C)CC2)c(F)c1C. The predicted molar refractivity (Wildman–Crippen MR) is 68.1 cm³/mol. The molecule has 94 valence electrons. The first-order valence-electron chi connectivity index (χ1n) is 6.46. The van der Waals surface area contributed by atoms with Crippen molar-refractivity contribution in [3.8, 4) is 5.75 Å². The van der Waals surface area contributed by atoms with Crippen molar-refractivity contribution in [2.45, 2.75) is 45.4 Å². The molecule has 0 bridgehead atoms. The second-order valence-electron chi connectivity index (χ2n) is 5.25. The average Bonchev–Trinajstić information content (AvgIpc) is 2.34. The van der Waals surface area contributed by atoms with E-state index in [0.717, 1.165) is 24.3 Å². The molecule has 0 radical (unpaired) electrons. The van der Waals surface area contributed by atoms with E-state index < -0.39 is 0 Å². The Morgan fingerprint density at radius 2 is 1.82 bits per heavy atom. The summed E-state index contributed by atoms with van der Waals surface area (Å²) in [5.41, 5.74) is 1.53. The van der Waals surface area contributed by atoms with E-state index in [0.29, 0.717) is 17.2 Å². The molecule has 0 saturated heterocycles. The summed E-state index contributed by atoms with van der Waals surface area (Å²) in [4.78, 5) is 0. The highest BCUT2D eigenvalue weighted by Gasteiger charge is 2.23. The van der Waals surface area contributed by atoms with Gasteiger partial charge in [-0.1, -0.05) is 25.8 Å². The van der Waals surface area contributed by atoms with Crippen molar-refractivity contribution in [2.75, 3.05) is 7.11 Å². The minimum absolute atomic E-state index is 0.0658. The van der Waals surface area contributed by atoms with Crippen LogP contribution in [0, 0.1) is 18.7 Å². The van der Waals surface area contributed by atoms with Crippen molar-refractivity contribution in [2.24, 2.45) is 5.92 Å². The Labute approximate surface area is 103 Å². The van der Waals surface area contributed by atoms with E-state index in [1.807, 2.05) is 12.1 Å². The second kappa shape index (κ2) is 5.07. The lowest BCUT2D eigenvalue weighted by Crippen LogP contribution is -2.12. The molecule has 1 saturated carbocycles. The van der Waals surface area contributed by atoms with Gasteiger partial charge in [0.1, 0.15) is 11.6 Å².